The first-order chi connectivity index (χ1) is 8.97. The van der Waals surface area contributed by atoms with Crippen LogP contribution in [0.3, 0.4) is 0 Å². The predicted molar refractivity (Wildman–Crippen MR) is 78.3 cm³/mol. The molecule has 102 valence electrons. The minimum absolute atomic E-state index is 0.218. The zero-order chi connectivity index (χ0) is 14.2. The fourth-order valence-corrected chi connectivity index (χ4v) is 2.67. The third-order valence-electron chi connectivity index (χ3n) is 3.56. The fraction of sp³-hybridized carbons (Fsp3) is 0.400. The minimum Gasteiger partial charge on any atom is -0.478 e. The topological polar surface area (TPSA) is 42.2 Å². The molecule has 4 heteroatoms. The zero-order valence-corrected chi connectivity index (χ0v) is 12.2. The summed E-state index contributed by atoms with van der Waals surface area (Å²) in [4.78, 5) is 11.4. The summed E-state index contributed by atoms with van der Waals surface area (Å²) in [6, 6.07) is 3.95. The molecule has 1 aromatic carbocycles. The highest BCUT2D eigenvalue weighted by Crippen LogP contribution is 2.32. The molecular formula is C15H18ClNO2. The van der Waals surface area contributed by atoms with E-state index >= 15 is 0 Å². The molecule has 0 aliphatic carbocycles. The lowest BCUT2D eigenvalue weighted by atomic mass is 10.1. The fourth-order valence-electron chi connectivity index (χ4n) is 2.31. The summed E-state index contributed by atoms with van der Waals surface area (Å²) < 4.78 is 1.91. The number of aromatic nitrogens is 1. The number of unbranched alkanes of at least 4 members (excludes halogenated alkanes) is 1. The quantitative estimate of drug-likeness (QED) is 0.901. The van der Waals surface area contributed by atoms with E-state index in [1.165, 1.54) is 0 Å². The summed E-state index contributed by atoms with van der Waals surface area (Å²) in [5.41, 5.74) is 3.37. The van der Waals surface area contributed by atoms with Gasteiger partial charge in [0, 0.05) is 11.9 Å². The monoisotopic (exact) mass is 279 g/mol. The van der Waals surface area contributed by atoms with Crippen LogP contribution in [0.4, 0.5) is 0 Å². The van der Waals surface area contributed by atoms with Gasteiger partial charge < -0.3 is 9.67 Å². The molecule has 1 N–H and O–H groups in total. The number of carboxylic acids is 1. The molecule has 0 atom stereocenters. The van der Waals surface area contributed by atoms with Crippen molar-refractivity contribution in [2.24, 2.45) is 0 Å². The number of fused-ring (bicyclic) bond motifs is 1. The summed E-state index contributed by atoms with van der Waals surface area (Å²) in [5, 5.41) is 10.4. The van der Waals surface area contributed by atoms with Gasteiger partial charge in [-0.15, -0.1) is 0 Å². The Morgan fingerprint density at radius 2 is 1.95 bits per heavy atom. The smallest absolute Gasteiger partial charge is 0.339 e. The van der Waals surface area contributed by atoms with Crippen LogP contribution in [0.2, 0.25) is 5.15 Å². The van der Waals surface area contributed by atoms with Crippen LogP contribution in [-0.2, 0) is 6.54 Å². The highest BCUT2D eigenvalue weighted by molar-refractivity contribution is 6.35. The molecule has 0 aliphatic rings. The van der Waals surface area contributed by atoms with Crippen molar-refractivity contribution in [2.45, 2.75) is 40.2 Å². The number of aryl methyl sites for hydroxylation is 3. The number of benzene rings is 1. The molecule has 19 heavy (non-hydrogen) atoms. The van der Waals surface area contributed by atoms with Crippen LogP contribution >= 0.6 is 11.6 Å². The molecule has 0 radical (unpaired) electrons. The molecule has 1 aromatic heterocycles. The van der Waals surface area contributed by atoms with Gasteiger partial charge in [0.25, 0.3) is 0 Å². The standard InChI is InChI=1S/C15H18ClNO2/c1-4-5-6-17-12-8-10(3)9(2)7-11(12)13(14(17)16)15(18)19/h7-8H,4-6H2,1-3H3,(H,18,19). The highest BCUT2D eigenvalue weighted by Gasteiger charge is 2.21. The zero-order valence-electron chi connectivity index (χ0n) is 11.5. The molecule has 0 unspecified atom stereocenters. The third kappa shape index (κ3) is 2.35. The van der Waals surface area contributed by atoms with E-state index in [2.05, 4.69) is 6.92 Å². The Hall–Kier alpha value is -1.48. The molecule has 1 heterocycles. The maximum atomic E-state index is 11.4. The average Bonchev–Trinajstić information content (AvgIpc) is 2.59. The molecule has 2 rings (SSSR count). The van der Waals surface area contributed by atoms with Crippen LogP contribution in [-0.4, -0.2) is 15.6 Å². The summed E-state index contributed by atoms with van der Waals surface area (Å²) in [5.74, 6) is -0.964. The van der Waals surface area contributed by atoms with Gasteiger partial charge in [-0.1, -0.05) is 24.9 Å². The lowest BCUT2D eigenvalue weighted by Gasteiger charge is -2.07. The van der Waals surface area contributed by atoms with E-state index in [0.717, 1.165) is 41.4 Å². The molecule has 0 bridgehead atoms. The van der Waals surface area contributed by atoms with Gasteiger partial charge >= 0.3 is 5.97 Å². The largest absolute Gasteiger partial charge is 0.478 e. The molecule has 0 aliphatic heterocycles. The van der Waals surface area contributed by atoms with Crippen molar-refractivity contribution in [1.82, 2.24) is 4.57 Å². The van der Waals surface area contributed by atoms with E-state index in [0.29, 0.717) is 5.15 Å². The van der Waals surface area contributed by atoms with Crippen molar-refractivity contribution >= 4 is 28.5 Å². The van der Waals surface area contributed by atoms with Gasteiger partial charge in [-0.3, -0.25) is 0 Å². The number of carbonyl (C=O) groups is 1. The van der Waals surface area contributed by atoms with E-state index in [4.69, 9.17) is 11.6 Å². The van der Waals surface area contributed by atoms with Gasteiger partial charge in [0.05, 0.1) is 5.52 Å². The van der Waals surface area contributed by atoms with Crippen molar-refractivity contribution < 1.29 is 9.90 Å². The lowest BCUT2D eigenvalue weighted by molar-refractivity contribution is 0.0699. The maximum absolute atomic E-state index is 11.4. The van der Waals surface area contributed by atoms with Crippen molar-refractivity contribution in [3.05, 3.63) is 34.0 Å². The molecular weight excluding hydrogens is 262 g/mol. The second-order valence-electron chi connectivity index (χ2n) is 4.93. The summed E-state index contributed by atoms with van der Waals surface area (Å²) in [6.07, 6.45) is 2.03. The Kier molecular flexibility index (Phi) is 3.85. The van der Waals surface area contributed by atoms with Gasteiger partial charge in [0.1, 0.15) is 10.7 Å². The number of nitrogens with zero attached hydrogens (tertiary/aromatic N) is 1. The van der Waals surface area contributed by atoms with Gasteiger partial charge in [0.15, 0.2) is 0 Å². The number of aromatic carboxylic acids is 1. The maximum Gasteiger partial charge on any atom is 0.339 e. The summed E-state index contributed by atoms with van der Waals surface area (Å²) >= 11 is 6.27. The third-order valence-corrected chi connectivity index (χ3v) is 3.96. The van der Waals surface area contributed by atoms with Crippen LogP contribution in [0.15, 0.2) is 12.1 Å². The molecule has 3 nitrogen and oxygen atoms in total. The van der Waals surface area contributed by atoms with Gasteiger partial charge in [-0.05, 0) is 43.5 Å². The Balaban J connectivity index is 2.76. The normalized spacial score (nSPS) is 11.2. The number of halogens is 1. The number of rotatable bonds is 4. The van der Waals surface area contributed by atoms with Crippen LogP contribution < -0.4 is 0 Å². The Morgan fingerprint density at radius 3 is 2.53 bits per heavy atom. The van der Waals surface area contributed by atoms with E-state index in [9.17, 15) is 9.90 Å². The highest BCUT2D eigenvalue weighted by atomic mass is 35.5. The van der Waals surface area contributed by atoms with Crippen LogP contribution in [0.5, 0.6) is 0 Å². The van der Waals surface area contributed by atoms with Crippen LogP contribution in [0, 0.1) is 13.8 Å². The molecule has 0 amide bonds. The van der Waals surface area contributed by atoms with E-state index in [1.54, 1.807) is 0 Å². The first-order valence-corrected chi connectivity index (χ1v) is 6.87. The SMILES string of the molecule is CCCCn1c(Cl)c(C(=O)O)c2cc(C)c(C)cc21. The second-order valence-corrected chi connectivity index (χ2v) is 5.29. The van der Waals surface area contributed by atoms with Crippen molar-refractivity contribution in [2.75, 3.05) is 0 Å². The van der Waals surface area contributed by atoms with Gasteiger partial charge in [-0.25, -0.2) is 4.79 Å². The second kappa shape index (κ2) is 5.25. The summed E-state index contributed by atoms with van der Waals surface area (Å²) in [7, 11) is 0. The van der Waals surface area contributed by atoms with Crippen molar-refractivity contribution in [3.63, 3.8) is 0 Å². The van der Waals surface area contributed by atoms with E-state index < -0.39 is 5.97 Å². The van der Waals surface area contributed by atoms with E-state index in [1.807, 2.05) is 30.5 Å². The minimum atomic E-state index is -0.964. The number of hydrogen-bond acceptors (Lipinski definition) is 1. The van der Waals surface area contributed by atoms with Crippen molar-refractivity contribution in [3.8, 4) is 0 Å². The molecule has 2 aromatic rings. The number of hydrogen-bond donors (Lipinski definition) is 1. The number of carboxylic acid groups (broad SMARTS) is 1. The average molecular weight is 280 g/mol. The molecule has 0 spiro atoms. The first-order valence-electron chi connectivity index (χ1n) is 6.49. The Morgan fingerprint density at radius 1 is 1.32 bits per heavy atom. The Bertz CT molecular complexity index is 643. The van der Waals surface area contributed by atoms with E-state index in [-0.39, 0.29) is 5.56 Å². The molecule has 0 saturated heterocycles. The first kappa shape index (κ1) is 13.9. The van der Waals surface area contributed by atoms with Gasteiger partial charge in [-0.2, -0.15) is 0 Å². The lowest BCUT2D eigenvalue weighted by Crippen LogP contribution is -2.00. The van der Waals surface area contributed by atoms with Gasteiger partial charge in [0.2, 0.25) is 0 Å². The predicted octanol–water partition coefficient (Wildman–Crippen LogP) is 4.41. The molecule has 0 saturated carbocycles. The molecule has 0 fully saturated rings. The van der Waals surface area contributed by atoms with Crippen LogP contribution in [0.1, 0.15) is 41.3 Å². The van der Waals surface area contributed by atoms with Crippen LogP contribution in [0.25, 0.3) is 10.9 Å². The Labute approximate surface area is 117 Å². The summed E-state index contributed by atoms with van der Waals surface area (Å²) in [6.45, 7) is 6.87. The van der Waals surface area contributed by atoms with Crippen molar-refractivity contribution in [1.29, 1.82) is 0 Å².